The topological polar surface area (TPSA) is 74.0 Å². The van der Waals surface area contributed by atoms with Crippen LogP contribution in [0.2, 0.25) is 0 Å². The number of carbonyl (C=O) groups excluding carboxylic acids is 1. The van der Waals surface area contributed by atoms with Gasteiger partial charge in [0.15, 0.2) is 0 Å². The third kappa shape index (κ3) is 3.82. The number of fused-ring (bicyclic) bond motifs is 1. The maximum absolute atomic E-state index is 12.2. The minimum absolute atomic E-state index is 0.0133. The van der Waals surface area contributed by atoms with E-state index >= 15 is 0 Å². The highest BCUT2D eigenvalue weighted by atomic mass is 32.2. The number of hydrogen-bond donors (Lipinski definition) is 3. The fourth-order valence-electron chi connectivity index (χ4n) is 2.82. The summed E-state index contributed by atoms with van der Waals surface area (Å²) in [5.74, 6) is 2.08. The summed E-state index contributed by atoms with van der Waals surface area (Å²) < 4.78 is 0. The van der Waals surface area contributed by atoms with Crippen LogP contribution in [0.5, 0.6) is 0 Å². The molecule has 0 aliphatic carbocycles. The molecule has 1 amide bonds. The maximum Gasteiger partial charge on any atom is 0.251 e. The summed E-state index contributed by atoms with van der Waals surface area (Å²) >= 11 is 1.72. The Labute approximate surface area is 145 Å². The van der Waals surface area contributed by atoms with Crippen molar-refractivity contribution in [3.8, 4) is 0 Å². The van der Waals surface area contributed by atoms with Gasteiger partial charge in [0, 0.05) is 29.3 Å². The molecule has 5 nitrogen and oxygen atoms in total. The van der Waals surface area contributed by atoms with Gasteiger partial charge in [0.2, 0.25) is 5.91 Å². The number of pyridine rings is 1. The van der Waals surface area contributed by atoms with E-state index in [2.05, 4.69) is 41.6 Å². The molecule has 0 spiro atoms. The number of nitrogens with one attached hydrogen (secondary N) is 3. The van der Waals surface area contributed by atoms with Gasteiger partial charge in [-0.3, -0.25) is 14.9 Å². The van der Waals surface area contributed by atoms with Crippen molar-refractivity contribution < 1.29 is 4.79 Å². The number of H-pyrrole nitrogens is 1. The van der Waals surface area contributed by atoms with Gasteiger partial charge >= 0.3 is 0 Å². The molecule has 1 aliphatic heterocycles. The van der Waals surface area contributed by atoms with Gasteiger partial charge in [0.1, 0.15) is 0 Å². The number of aromatic amines is 1. The van der Waals surface area contributed by atoms with Crippen molar-refractivity contribution in [2.24, 2.45) is 0 Å². The SMILES string of the molecule is CC(C)c1ccc2[nH]c(=O)c(CCNC(=O)C3CSCN3)cc2c1. The fourth-order valence-corrected chi connectivity index (χ4v) is 3.76. The molecule has 6 heteroatoms. The van der Waals surface area contributed by atoms with Crippen molar-refractivity contribution in [3.05, 3.63) is 45.7 Å². The normalized spacial score (nSPS) is 17.5. The Morgan fingerprint density at radius 1 is 1.38 bits per heavy atom. The quantitative estimate of drug-likeness (QED) is 0.775. The number of rotatable bonds is 5. The Morgan fingerprint density at radius 2 is 2.21 bits per heavy atom. The zero-order valence-electron chi connectivity index (χ0n) is 14.0. The monoisotopic (exact) mass is 345 g/mol. The first-order chi connectivity index (χ1) is 11.5. The molecular weight excluding hydrogens is 322 g/mol. The molecule has 1 saturated heterocycles. The maximum atomic E-state index is 12.2. The fraction of sp³-hybridized carbons (Fsp3) is 0.444. The number of aromatic nitrogens is 1. The highest BCUT2D eigenvalue weighted by Gasteiger charge is 2.21. The number of carbonyl (C=O) groups is 1. The van der Waals surface area contributed by atoms with Crippen molar-refractivity contribution in [1.82, 2.24) is 15.6 Å². The van der Waals surface area contributed by atoms with E-state index in [9.17, 15) is 9.59 Å². The van der Waals surface area contributed by atoms with E-state index in [-0.39, 0.29) is 17.5 Å². The smallest absolute Gasteiger partial charge is 0.251 e. The second-order valence-corrected chi connectivity index (χ2v) is 7.47. The van der Waals surface area contributed by atoms with E-state index in [1.165, 1.54) is 5.56 Å². The van der Waals surface area contributed by atoms with Gasteiger partial charge in [-0.05, 0) is 41.5 Å². The van der Waals surface area contributed by atoms with Crippen molar-refractivity contribution in [1.29, 1.82) is 0 Å². The third-order valence-corrected chi connectivity index (χ3v) is 5.28. The van der Waals surface area contributed by atoms with Crippen LogP contribution in [0.3, 0.4) is 0 Å². The van der Waals surface area contributed by atoms with Gasteiger partial charge in [0.25, 0.3) is 5.56 Å². The molecule has 24 heavy (non-hydrogen) atoms. The number of thioether (sulfide) groups is 1. The average Bonchev–Trinajstić information content (AvgIpc) is 3.09. The molecular formula is C18H23N3O2S. The predicted octanol–water partition coefficient (Wildman–Crippen LogP) is 1.97. The molecule has 0 saturated carbocycles. The molecule has 1 aliphatic rings. The molecule has 1 fully saturated rings. The zero-order valence-corrected chi connectivity index (χ0v) is 14.8. The van der Waals surface area contributed by atoms with Crippen molar-refractivity contribution in [3.63, 3.8) is 0 Å². The van der Waals surface area contributed by atoms with Crippen LogP contribution >= 0.6 is 11.8 Å². The first kappa shape index (κ1) is 17.0. The predicted molar refractivity (Wildman–Crippen MR) is 99.6 cm³/mol. The second kappa shape index (κ2) is 7.40. The molecule has 0 bridgehead atoms. The molecule has 2 aromatic rings. The lowest BCUT2D eigenvalue weighted by Crippen LogP contribution is -2.42. The van der Waals surface area contributed by atoms with Gasteiger partial charge in [-0.15, -0.1) is 11.8 Å². The Morgan fingerprint density at radius 3 is 2.92 bits per heavy atom. The molecule has 1 atom stereocenters. The van der Waals surface area contributed by atoms with E-state index in [1.807, 2.05) is 12.1 Å². The van der Waals surface area contributed by atoms with Crippen LogP contribution < -0.4 is 16.2 Å². The van der Waals surface area contributed by atoms with Crippen molar-refractivity contribution >= 4 is 28.6 Å². The van der Waals surface area contributed by atoms with Crippen LogP contribution in [0.4, 0.5) is 0 Å². The molecule has 1 aromatic heterocycles. The van der Waals surface area contributed by atoms with Gasteiger partial charge < -0.3 is 10.3 Å². The Hall–Kier alpha value is -1.79. The number of benzene rings is 1. The van der Waals surface area contributed by atoms with E-state index in [0.717, 1.165) is 22.5 Å². The van der Waals surface area contributed by atoms with E-state index in [0.29, 0.717) is 24.4 Å². The minimum atomic E-state index is -0.113. The summed E-state index contributed by atoms with van der Waals surface area (Å²) in [7, 11) is 0. The zero-order chi connectivity index (χ0) is 17.1. The molecule has 0 radical (unpaired) electrons. The molecule has 3 N–H and O–H groups in total. The van der Waals surface area contributed by atoms with Gasteiger partial charge in [-0.1, -0.05) is 19.9 Å². The van der Waals surface area contributed by atoms with Crippen LogP contribution in [0, 0.1) is 0 Å². The summed E-state index contributed by atoms with van der Waals surface area (Å²) in [6.07, 6.45) is 0.531. The van der Waals surface area contributed by atoms with E-state index in [4.69, 9.17) is 0 Å². The van der Waals surface area contributed by atoms with Gasteiger partial charge in [-0.2, -0.15) is 0 Å². The molecule has 1 unspecified atom stereocenters. The standard InChI is InChI=1S/C18H23N3O2S/c1-11(2)12-3-4-15-14(7-12)8-13(17(22)21-15)5-6-19-18(23)16-9-24-10-20-16/h3-4,7-8,11,16,20H,5-6,9-10H2,1-2H3,(H,19,23)(H,21,22). The van der Waals surface area contributed by atoms with Crippen LogP contribution in [0.15, 0.2) is 29.1 Å². The van der Waals surface area contributed by atoms with Gasteiger partial charge in [0.05, 0.1) is 6.04 Å². The van der Waals surface area contributed by atoms with Crippen LogP contribution in [-0.2, 0) is 11.2 Å². The second-order valence-electron chi connectivity index (χ2n) is 6.44. The number of hydrogen-bond acceptors (Lipinski definition) is 4. The Bertz CT molecular complexity index is 794. The highest BCUT2D eigenvalue weighted by molar-refractivity contribution is 7.99. The lowest BCUT2D eigenvalue weighted by atomic mass is 10.0. The van der Waals surface area contributed by atoms with Crippen LogP contribution in [0.25, 0.3) is 10.9 Å². The van der Waals surface area contributed by atoms with Crippen LogP contribution in [0.1, 0.15) is 30.9 Å². The van der Waals surface area contributed by atoms with Crippen molar-refractivity contribution in [2.75, 3.05) is 18.2 Å². The lowest BCUT2D eigenvalue weighted by Gasteiger charge is -2.11. The van der Waals surface area contributed by atoms with Crippen molar-refractivity contribution in [2.45, 2.75) is 32.2 Å². The first-order valence-corrected chi connectivity index (χ1v) is 9.45. The molecule has 2 heterocycles. The molecule has 128 valence electrons. The highest BCUT2D eigenvalue weighted by Crippen LogP contribution is 2.20. The first-order valence-electron chi connectivity index (χ1n) is 8.29. The van der Waals surface area contributed by atoms with E-state index in [1.54, 1.807) is 11.8 Å². The third-order valence-electron chi connectivity index (χ3n) is 4.34. The molecule has 3 rings (SSSR count). The average molecular weight is 345 g/mol. The van der Waals surface area contributed by atoms with E-state index < -0.39 is 0 Å². The summed E-state index contributed by atoms with van der Waals surface area (Å²) in [5, 5.41) is 7.09. The largest absolute Gasteiger partial charge is 0.354 e. The minimum Gasteiger partial charge on any atom is -0.354 e. The molecule has 1 aromatic carbocycles. The summed E-state index contributed by atoms with van der Waals surface area (Å²) in [4.78, 5) is 27.1. The lowest BCUT2D eigenvalue weighted by molar-refractivity contribution is -0.122. The Balaban J connectivity index is 1.70. The number of amides is 1. The van der Waals surface area contributed by atoms with Crippen LogP contribution in [-0.4, -0.2) is 35.1 Å². The summed E-state index contributed by atoms with van der Waals surface area (Å²) in [5.41, 5.74) is 2.73. The summed E-state index contributed by atoms with van der Waals surface area (Å²) in [6.45, 7) is 4.78. The summed E-state index contributed by atoms with van der Waals surface area (Å²) in [6, 6.07) is 7.96. The Kier molecular flexibility index (Phi) is 5.26. The van der Waals surface area contributed by atoms with Gasteiger partial charge in [-0.25, -0.2) is 0 Å².